The van der Waals surface area contributed by atoms with Gasteiger partial charge in [-0.1, -0.05) is 17.3 Å². The number of carbonyl (C=O) groups excluding carboxylic acids is 1. The van der Waals surface area contributed by atoms with Crippen molar-refractivity contribution in [3.05, 3.63) is 47.2 Å². The first-order chi connectivity index (χ1) is 10.3. The Morgan fingerprint density at radius 2 is 1.91 bits per heavy atom. The average molecular weight is 313 g/mol. The number of hydrogen-bond acceptors (Lipinski definition) is 3. The van der Waals surface area contributed by atoms with Gasteiger partial charge in [0.05, 0.1) is 11.6 Å². The molecule has 2 aromatic rings. The third-order valence-electron chi connectivity index (χ3n) is 2.96. The molecule has 2 N–H and O–H groups in total. The fourth-order valence-electron chi connectivity index (χ4n) is 1.82. The minimum absolute atomic E-state index is 0.259. The molecular weight excluding hydrogens is 299 g/mol. The van der Waals surface area contributed by atoms with Gasteiger partial charge >= 0.3 is 12.2 Å². The van der Waals surface area contributed by atoms with E-state index in [9.17, 15) is 18.0 Å². The van der Waals surface area contributed by atoms with E-state index in [4.69, 9.17) is 4.52 Å². The van der Waals surface area contributed by atoms with Gasteiger partial charge < -0.3 is 9.84 Å². The van der Waals surface area contributed by atoms with Gasteiger partial charge in [0.25, 0.3) is 0 Å². The van der Waals surface area contributed by atoms with Crippen LogP contribution in [0.3, 0.4) is 0 Å². The summed E-state index contributed by atoms with van der Waals surface area (Å²) in [6.07, 6.45) is -4.38. The van der Waals surface area contributed by atoms with Gasteiger partial charge in [-0.25, -0.2) is 4.79 Å². The Labute approximate surface area is 124 Å². The third-order valence-corrected chi connectivity index (χ3v) is 2.96. The van der Waals surface area contributed by atoms with Gasteiger partial charge in [0.15, 0.2) is 5.82 Å². The van der Waals surface area contributed by atoms with Crippen molar-refractivity contribution < 1.29 is 22.5 Å². The van der Waals surface area contributed by atoms with Gasteiger partial charge in [0, 0.05) is 6.07 Å². The number of alkyl halides is 3. The molecule has 22 heavy (non-hydrogen) atoms. The van der Waals surface area contributed by atoms with Crippen LogP contribution >= 0.6 is 0 Å². The Hall–Kier alpha value is -2.51. The monoisotopic (exact) mass is 313 g/mol. The largest absolute Gasteiger partial charge is 0.416 e. The molecule has 118 valence electrons. The van der Waals surface area contributed by atoms with E-state index in [1.54, 1.807) is 19.9 Å². The highest BCUT2D eigenvalue weighted by molar-refractivity contribution is 5.88. The lowest BCUT2D eigenvalue weighted by Crippen LogP contribution is -2.31. The highest BCUT2D eigenvalue weighted by Crippen LogP contribution is 2.29. The van der Waals surface area contributed by atoms with Crippen molar-refractivity contribution in [1.29, 1.82) is 0 Å². The smallest absolute Gasteiger partial charge is 0.360 e. The minimum Gasteiger partial charge on any atom is -0.360 e. The molecule has 0 fully saturated rings. The molecule has 1 heterocycles. The number of amides is 2. The maximum absolute atomic E-state index is 12.5. The molecule has 0 aliphatic heterocycles. The normalized spacial score (nSPS) is 12.8. The zero-order valence-electron chi connectivity index (χ0n) is 11.9. The van der Waals surface area contributed by atoms with Crippen LogP contribution in [0.5, 0.6) is 0 Å². The van der Waals surface area contributed by atoms with Crippen LogP contribution in [0.25, 0.3) is 0 Å². The molecule has 1 aromatic carbocycles. The number of aromatic nitrogens is 1. The first-order valence-corrected chi connectivity index (χ1v) is 6.43. The number of benzene rings is 1. The topological polar surface area (TPSA) is 67.2 Å². The second-order valence-electron chi connectivity index (χ2n) is 4.76. The molecule has 0 aliphatic carbocycles. The van der Waals surface area contributed by atoms with Crippen molar-refractivity contribution in [2.24, 2.45) is 0 Å². The summed E-state index contributed by atoms with van der Waals surface area (Å²) in [7, 11) is 0. The molecule has 1 aromatic heterocycles. The van der Waals surface area contributed by atoms with E-state index in [-0.39, 0.29) is 5.82 Å². The summed E-state index contributed by atoms with van der Waals surface area (Å²) in [5.41, 5.74) is -0.176. The molecule has 0 unspecified atom stereocenters. The van der Waals surface area contributed by atoms with Crippen LogP contribution < -0.4 is 10.6 Å². The Morgan fingerprint density at radius 3 is 2.41 bits per heavy atom. The van der Waals surface area contributed by atoms with E-state index in [2.05, 4.69) is 15.8 Å². The van der Waals surface area contributed by atoms with Crippen molar-refractivity contribution in [2.75, 3.05) is 5.32 Å². The zero-order valence-corrected chi connectivity index (χ0v) is 11.9. The van der Waals surface area contributed by atoms with Crippen LogP contribution in [0.2, 0.25) is 0 Å². The SMILES string of the molecule is Cc1cc(NC(=O)N[C@H](C)c2ccc(C(F)(F)F)cc2)no1. The number of halogens is 3. The Kier molecular flexibility index (Phi) is 4.39. The molecule has 1 atom stereocenters. The number of rotatable bonds is 3. The van der Waals surface area contributed by atoms with E-state index in [0.717, 1.165) is 12.1 Å². The maximum Gasteiger partial charge on any atom is 0.416 e. The van der Waals surface area contributed by atoms with Crippen LogP contribution in [0.15, 0.2) is 34.9 Å². The van der Waals surface area contributed by atoms with Gasteiger partial charge in [-0.05, 0) is 31.5 Å². The molecule has 0 bridgehead atoms. The van der Waals surface area contributed by atoms with Crippen molar-refractivity contribution in [3.63, 3.8) is 0 Å². The summed E-state index contributed by atoms with van der Waals surface area (Å²) >= 11 is 0. The molecule has 0 aliphatic rings. The first-order valence-electron chi connectivity index (χ1n) is 6.43. The zero-order chi connectivity index (χ0) is 16.3. The second kappa shape index (κ2) is 6.08. The number of nitrogens with one attached hydrogen (secondary N) is 2. The summed E-state index contributed by atoms with van der Waals surface area (Å²) < 4.78 is 42.2. The summed E-state index contributed by atoms with van der Waals surface area (Å²) in [5.74, 6) is 0.806. The van der Waals surface area contributed by atoms with E-state index < -0.39 is 23.8 Å². The van der Waals surface area contributed by atoms with Gasteiger partial charge in [-0.15, -0.1) is 0 Å². The maximum atomic E-state index is 12.5. The lowest BCUT2D eigenvalue weighted by Gasteiger charge is -2.15. The molecule has 5 nitrogen and oxygen atoms in total. The summed E-state index contributed by atoms with van der Waals surface area (Å²) in [4.78, 5) is 11.7. The summed E-state index contributed by atoms with van der Waals surface area (Å²) in [6, 6.07) is 5.17. The third kappa shape index (κ3) is 4.00. The number of carbonyl (C=O) groups is 1. The second-order valence-corrected chi connectivity index (χ2v) is 4.76. The Morgan fingerprint density at radius 1 is 1.27 bits per heavy atom. The number of aryl methyl sites for hydroxylation is 1. The van der Waals surface area contributed by atoms with Crippen LogP contribution in [0.4, 0.5) is 23.8 Å². The van der Waals surface area contributed by atoms with E-state index in [0.29, 0.717) is 11.3 Å². The molecule has 0 radical (unpaired) electrons. The lowest BCUT2D eigenvalue weighted by atomic mass is 10.1. The Balaban J connectivity index is 1.96. The molecule has 2 rings (SSSR count). The summed E-state index contributed by atoms with van der Waals surface area (Å²) in [6.45, 7) is 3.34. The van der Waals surface area contributed by atoms with E-state index in [1.165, 1.54) is 12.1 Å². The van der Waals surface area contributed by atoms with Crippen LogP contribution in [-0.4, -0.2) is 11.2 Å². The number of anilines is 1. The van der Waals surface area contributed by atoms with E-state index >= 15 is 0 Å². The van der Waals surface area contributed by atoms with Crippen LogP contribution in [0, 0.1) is 6.92 Å². The predicted molar refractivity (Wildman–Crippen MR) is 73.3 cm³/mol. The molecule has 0 spiro atoms. The van der Waals surface area contributed by atoms with Crippen LogP contribution in [0.1, 0.15) is 29.9 Å². The van der Waals surface area contributed by atoms with Crippen molar-refractivity contribution >= 4 is 11.8 Å². The highest BCUT2D eigenvalue weighted by Gasteiger charge is 2.30. The van der Waals surface area contributed by atoms with Gasteiger partial charge in [0.1, 0.15) is 5.76 Å². The van der Waals surface area contributed by atoms with Gasteiger partial charge in [-0.2, -0.15) is 13.2 Å². The lowest BCUT2D eigenvalue weighted by molar-refractivity contribution is -0.137. The number of nitrogens with zero attached hydrogens (tertiary/aromatic N) is 1. The van der Waals surface area contributed by atoms with E-state index in [1.807, 2.05) is 0 Å². The Bertz CT molecular complexity index is 650. The quantitative estimate of drug-likeness (QED) is 0.903. The average Bonchev–Trinajstić information content (AvgIpc) is 2.83. The van der Waals surface area contributed by atoms with Crippen LogP contribution in [-0.2, 0) is 6.18 Å². The van der Waals surface area contributed by atoms with Gasteiger partial charge in [0.2, 0.25) is 0 Å². The van der Waals surface area contributed by atoms with Crippen molar-refractivity contribution in [3.8, 4) is 0 Å². The molecule has 8 heteroatoms. The highest BCUT2D eigenvalue weighted by atomic mass is 19.4. The van der Waals surface area contributed by atoms with Crippen molar-refractivity contribution in [2.45, 2.75) is 26.1 Å². The minimum atomic E-state index is -4.38. The number of urea groups is 1. The molecular formula is C14H14F3N3O2. The fraction of sp³-hybridized carbons (Fsp3) is 0.286. The molecule has 0 saturated heterocycles. The van der Waals surface area contributed by atoms with Crippen molar-refractivity contribution in [1.82, 2.24) is 10.5 Å². The molecule has 0 saturated carbocycles. The predicted octanol–water partition coefficient (Wildman–Crippen LogP) is 3.88. The first kappa shape index (κ1) is 15.9. The molecule has 2 amide bonds. The number of hydrogen-bond donors (Lipinski definition) is 2. The standard InChI is InChI=1S/C14H14F3N3O2/c1-8-7-12(20-22-8)19-13(21)18-9(2)10-3-5-11(6-4-10)14(15,16)17/h3-7,9H,1-2H3,(H2,18,19,20,21)/t9-/m1/s1. The summed E-state index contributed by atoms with van der Waals surface area (Å²) in [5, 5.41) is 8.67. The fourth-order valence-corrected chi connectivity index (χ4v) is 1.82. The van der Waals surface area contributed by atoms with Gasteiger partial charge in [-0.3, -0.25) is 5.32 Å².